The second-order valence-electron chi connectivity index (χ2n) is 14.9. The number of hydrogen-bond acceptors (Lipinski definition) is 4. The number of nitrogens with zero attached hydrogens (tertiary/aromatic N) is 1. The van der Waals surface area contributed by atoms with Crippen molar-refractivity contribution in [1.82, 2.24) is 0 Å². The van der Waals surface area contributed by atoms with E-state index in [2.05, 4.69) is 181 Å². The number of furan rings is 2. The van der Waals surface area contributed by atoms with Gasteiger partial charge in [0.25, 0.3) is 0 Å². The maximum atomic E-state index is 6.49. The predicted molar refractivity (Wildman–Crippen MR) is 245 cm³/mol. The van der Waals surface area contributed by atoms with Gasteiger partial charge in [0, 0.05) is 64.3 Å². The third-order valence-corrected chi connectivity index (χ3v) is 12.6. The summed E-state index contributed by atoms with van der Waals surface area (Å²) in [6.07, 6.45) is 0. The van der Waals surface area contributed by atoms with E-state index in [0.717, 1.165) is 83.2 Å². The van der Waals surface area contributed by atoms with E-state index in [1.165, 1.54) is 31.3 Å². The van der Waals surface area contributed by atoms with Gasteiger partial charge in [-0.1, -0.05) is 121 Å². The van der Waals surface area contributed by atoms with Crippen molar-refractivity contribution in [3.05, 3.63) is 200 Å². The minimum absolute atomic E-state index is 0.898. The first-order valence-corrected chi connectivity index (χ1v) is 20.4. The van der Waals surface area contributed by atoms with Crippen molar-refractivity contribution in [1.29, 1.82) is 0 Å². The minimum Gasteiger partial charge on any atom is -0.456 e. The second kappa shape index (κ2) is 13.1. The summed E-state index contributed by atoms with van der Waals surface area (Å²) >= 11 is 1.85. The van der Waals surface area contributed by atoms with Crippen LogP contribution in [0.25, 0.3) is 97.4 Å². The lowest BCUT2D eigenvalue weighted by Crippen LogP contribution is -2.10. The van der Waals surface area contributed by atoms with Gasteiger partial charge >= 0.3 is 0 Å². The number of hydrogen-bond donors (Lipinski definition) is 0. The van der Waals surface area contributed by atoms with Gasteiger partial charge in [-0.05, 0) is 107 Å². The van der Waals surface area contributed by atoms with E-state index < -0.39 is 0 Å². The Morgan fingerprint density at radius 3 is 1.62 bits per heavy atom. The molecule has 0 aliphatic carbocycles. The number of fused-ring (bicyclic) bond motifs is 9. The molecule has 0 aliphatic heterocycles. The van der Waals surface area contributed by atoms with Gasteiger partial charge in [0.05, 0.1) is 0 Å². The molecule has 0 spiro atoms. The van der Waals surface area contributed by atoms with E-state index in [9.17, 15) is 0 Å². The maximum absolute atomic E-state index is 6.49. The van der Waals surface area contributed by atoms with Crippen LogP contribution in [0.1, 0.15) is 0 Å². The second-order valence-corrected chi connectivity index (χ2v) is 16.0. The molecule has 12 aromatic rings. The summed E-state index contributed by atoms with van der Waals surface area (Å²) < 4.78 is 15.3. The maximum Gasteiger partial charge on any atom is 0.143 e. The van der Waals surface area contributed by atoms with Gasteiger partial charge in [-0.15, -0.1) is 11.3 Å². The molecular weight excluding hydrogens is 727 g/mol. The Morgan fingerprint density at radius 2 is 0.862 bits per heavy atom. The van der Waals surface area contributed by atoms with Crippen LogP contribution >= 0.6 is 11.3 Å². The third-order valence-electron chi connectivity index (χ3n) is 11.5. The zero-order valence-electron chi connectivity index (χ0n) is 31.2. The smallest absolute Gasteiger partial charge is 0.143 e. The molecule has 0 saturated carbocycles. The van der Waals surface area contributed by atoms with E-state index in [1.54, 1.807) is 0 Å². The fourth-order valence-electron chi connectivity index (χ4n) is 8.65. The summed E-state index contributed by atoms with van der Waals surface area (Å²) in [5, 5.41) is 7.13. The van der Waals surface area contributed by atoms with E-state index in [1.807, 2.05) is 35.6 Å². The van der Waals surface area contributed by atoms with Crippen LogP contribution in [0.4, 0.5) is 17.1 Å². The Kier molecular flexibility index (Phi) is 7.40. The van der Waals surface area contributed by atoms with Gasteiger partial charge < -0.3 is 13.7 Å². The molecule has 0 unspecified atom stereocenters. The number of benzene rings is 9. The molecule has 0 amide bonds. The van der Waals surface area contributed by atoms with Crippen LogP contribution in [0.15, 0.2) is 209 Å². The molecule has 0 radical (unpaired) electrons. The average molecular weight is 760 g/mol. The van der Waals surface area contributed by atoms with Crippen LogP contribution < -0.4 is 4.90 Å². The summed E-state index contributed by atoms with van der Waals surface area (Å²) in [5.41, 5.74) is 13.7. The lowest BCUT2D eigenvalue weighted by atomic mass is 10.00. The number of anilines is 3. The highest BCUT2D eigenvalue weighted by Crippen LogP contribution is 2.42. The van der Waals surface area contributed by atoms with Crippen molar-refractivity contribution in [3.63, 3.8) is 0 Å². The molecule has 0 fully saturated rings. The van der Waals surface area contributed by atoms with Gasteiger partial charge in [-0.3, -0.25) is 0 Å². The van der Waals surface area contributed by atoms with Crippen LogP contribution in [0.5, 0.6) is 0 Å². The SMILES string of the molecule is c1cc(-c2cccc3c2oc2ccccc23)cc(N(c2ccc(-c3ccc4oc5ccccc5c4c3)cc2)c2ccc(-c3ccc4sc5ccccc5c4c3)cc2)c1. The number of thiophene rings is 1. The molecular formula is C54H33NO2S. The van der Waals surface area contributed by atoms with Crippen LogP contribution in [0.2, 0.25) is 0 Å². The van der Waals surface area contributed by atoms with E-state index in [-0.39, 0.29) is 0 Å². The lowest BCUT2D eigenvalue weighted by Gasteiger charge is -2.26. The van der Waals surface area contributed by atoms with Crippen LogP contribution in [0.3, 0.4) is 0 Å². The normalized spacial score (nSPS) is 11.8. The monoisotopic (exact) mass is 759 g/mol. The van der Waals surface area contributed by atoms with Crippen molar-refractivity contribution in [3.8, 4) is 33.4 Å². The molecule has 3 nitrogen and oxygen atoms in total. The molecule has 58 heavy (non-hydrogen) atoms. The molecule has 4 heteroatoms. The first-order chi connectivity index (χ1) is 28.7. The van der Waals surface area contributed by atoms with Crippen LogP contribution in [-0.2, 0) is 0 Å². The third kappa shape index (κ3) is 5.34. The molecule has 0 saturated heterocycles. The van der Waals surface area contributed by atoms with Gasteiger partial charge in [0.1, 0.15) is 22.3 Å². The van der Waals surface area contributed by atoms with Crippen LogP contribution in [0, 0.1) is 0 Å². The Hall–Kier alpha value is -7.40. The quantitative estimate of drug-likeness (QED) is 0.169. The molecule has 12 rings (SSSR count). The Balaban J connectivity index is 0.962. The fraction of sp³-hybridized carbons (Fsp3) is 0. The number of para-hydroxylation sites is 3. The first-order valence-electron chi connectivity index (χ1n) is 19.6. The van der Waals surface area contributed by atoms with Crippen molar-refractivity contribution < 1.29 is 8.83 Å². The minimum atomic E-state index is 0.898. The molecule has 3 heterocycles. The Labute approximate surface area is 338 Å². The Morgan fingerprint density at radius 1 is 0.310 bits per heavy atom. The van der Waals surface area contributed by atoms with E-state index >= 15 is 0 Å². The molecule has 9 aromatic carbocycles. The summed E-state index contributed by atoms with van der Waals surface area (Å²) in [5.74, 6) is 0. The highest BCUT2D eigenvalue weighted by atomic mass is 32.1. The summed E-state index contributed by atoms with van der Waals surface area (Å²) in [7, 11) is 0. The van der Waals surface area contributed by atoms with Crippen LogP contribution in [-0.4, -0.2) is 0 Å². The fourth-order valence-corrected chi connectivity index (χ4v) is 9.74. The summed E-state index contributed by atoms with van der Waals surface area (Å²) in [6.45, 7) is 0. The first kappa shape index (κ1) is 32.8. The van der Waals surface area contributed by atoms with E-state index in [4.69, 9.17) is 8.83 Å². The lowest BCUT2D eigenvalue weighted by molar-refractivity contribution is 0.669. The highest BCUT2D eigenvalue weighted by molar-refractivity contribution is 7.25. The predicted octanol–water partition coefficient (Wildman–Crippen LogP) is 16.3. The van der Waals surface area contributed by atoms with E-state index in [0.29, 0.717) is 0 Å². The molecule has 0 atom stereocenters. The van der Waals surface area contributed by atoms with Gasteiger partial charge in [0.15, 0.2) is 0 Å². The van der Waals surface area contributed by atoms with Crippen molar-refractivity contribution in [2.24, 2.45) is 0 Å². The number of rotatable bonds is 6. The van der Waals surface area contributed by atoms with Gasteiger partial charge in [0.2, 0.25) is 0 Å². The van der Waals surface area contributed by atoms with Crippen molar-refractivity contribution >= 4 is 92.4 Å². The zero-order chi connectivity index (χ0) is 38.2. The molecule has 272 valence electrons. The van der Waals surface area contributed by atoms with Gasteiger partial charge in [-0.2, -0.15) is 0 Å². The van der Waals surface area contributed by atoms with Crippen molar-refractivity contribution in [2.75, 3.05) is 4.90 Å². The van der Waals surface area contributed by atoms with Crippen molar-refractivity contribution in [2.45, 2.75) is 0 Å². The summed E-state index contributed by atoms with van der Waals surface area (Å²) in [6, 6.07) is 71.6. The molecule has 0 N–H and O–H groups in total. The molecule has 3 aromatic heterocycles. The average Bonchev–Trinajstić information content (AvgIpc) is 3.98. The standard InChI is InChI=1S/C54H33NO2S/c1-5-17-50-43(11-1)46-15-8-14-42(54(46)57-50)38-9-7-10-41(31-38)55(39-25-19-34(20-26-39)36-23-29-51-47(32-36)44-12-2-4-16-49(44)56-51)40-27-21-35(22-28-40)37-24-30-53-48(33-37)45-13-3-6-18-52(45)58-53/h1-33H. The summed E-state index contributed by atoms with van der Waals surface area (Å²) in [4.78, 5) is 2.35. The highest BCUT2D eigenvalue weighted by Gasteiger charge is 2.18. The largest absolute Gasteiger partial charge is 0.456 e. The molecule has 0 bridgehead atoms. The topological polar surface area (TPSA) is 29.5 Å². The molecule has 0 aliphatic rings. The van der Waals surface area contributed by atoms with Gasteiger partial charge in [-0.25, -0.2) is 0 Å². The Bertz CT molecular complexity index is 3360. The zero-order valence-corrected chi connectivity index (χ0v) is 32.0.